The van der Waals surface area contributed by atoms with Crippen molar-refractivity contribution in [2.24, 2.45) is 0 Å². The molecule has 0 spiro atoms. The molecule has 0 fully saturated rings. The van der Waals surface area contributed by atoms with Gasteiger partial charge in [-0.15, -0.1) is 0 Å². The largest absolute Gasteiger partial charge is 0.396 e. The summed E-state index contributed by atoms with van der Waals surface area (Å²) in [6.07, 6.45) is 0.326. The lowest BCUT2D eigenvalue weighted by Gasteiger charge is -2.02. The monoisotopic (exact) mass is 244 g/mol. The van der Waals surface area contributed by atoms with Crippen molar-refractivity contribution in [3.8, 4) is 0 Å². The molecule has 0 aromatic heterocycles. The Morgan fingerprint density at radius 3 is 2.73 bits per heavy atom. The van der Waals surface area contributed by atoms with E-state index in [1.807, 2.05) is 0 Å². The maximum atomic E-state index is 11.6. The van der Waals surface area contributed by atoms with Crippen molar-refractivity contribution in [1.82, 2.24) is 0 Å². The third-order valence-corrected chi connectivity index (χ3v) is 4.07. The van der Waals surface area contributed by atoms with E-state index in [0.29, 0.717) is 22.6 Å². The maximum absolute atomic E-state index is 11.6. The van der Waals surface area contributed by atoms with Crippen LogP contribution in [0, 0.1) is 0 Å². The van der Waals surface area contributed by atoms with Crippen LogP contribution in [0.3, 0.4) is 0 Å². The van der Waals surface area contributed by atoms with Gasteiger partial charge >= 0.3 is 0 Å². The van der Waals surface area contributed by atoms with Gasteiger partial charge in [-0.2, -0.15) is 0 Å². The van der Waals surface area contributed by atoms with E-state index in [1.165, 1.54) is 11.5 Å². The first-order valence-electron chi connectivity index (χ1n) is 4.41. The van der Waals surface area contributed by atoms with Gasteiger partial charge in [0.1, 0.15) is 0 Å². The number of hydrogen-bond acceptors (Lipinski definition) is 3. The summed E-state index contributed by atoms with van der Waals surface area (Å²) < 4.78 is 23.3. The molecule has 0 amide bonds. The van der Waals surface area contributed by atoms with Crippen molar-refractivity contribution >= 4 is 27.0 Å². The van der Waals surface area contributed by atoms with E-state index in [4.69, 9.17) is 16.7 Å². The first kappa shape index (κ1) is 10.7. The number of aliphatic hydroxyl groups excluding tert-OH is 1. The molecule has 5 heteroatoms. The molecule has 80 valence electrons. The van der Waals surface area contributed by atoms with E-state index in [2.05, 4.69) is 0 Å². The van der Waals surface area contributed by atoms with Gasteiger partial charge in [-0.05, 0) is 35.8 Å². The highest BCUT2D eigenvalue weighted by Crippen LogP contribution is 2.36. The number of benzene rings is 1. The van der Waals surface area contributed by atoms with Crippen LogP contribution in [0.4, 0.5) is 0 Å². The lowest BCUT2D eigenvalue weighted by atomic mass is 10.1. The second-order valence-electron chi connectivity index (χ2n) is 3.30. The van der Waals surface area contributed by atoms with Crippen molar-refractivity contribution in [3.05, 3.63) is 34.2 Å². The summed E-state index contributed by atoms with van der Waals surface area (Å²) in [5, 5.41) is 10.5. The quantitative estimate of drug-likeness (QED) is 0.864. The third kappa shape index (κ3) is 1.80. The molecule has 0 bridgehead atoms. The van der Waals surface area contributed by atoms with Crippen molar-refractivity contribution in [2.45, 2.75) is 11.3 Å². The van der Waals surface area contributed by atoms with Crippen LogP contribution in [0.1, 0.15) is 12.0 Å². The van der Waals surface area contributed by atoms with E-state index in [9.17, 15) is 8.42 Å². The lowest BCUT2D eigenvalue weighted by molar-refractivity contribution is 0.305. The number of rotatable bonds is 2. The Hall–Kier alpha value is -0.840. The van der Waals surface area contributed by atoms with Crippen LogP contribution in [-0.4, -0.2) is 20.1 Å². The van der Waals surface area contributed by atoms with Crippen LogP contribution in [0.25, 0.3) is 5.57 Å². The normalized spacial score (nSPS) is 17.3. The van der Waals surface area contributed by atoms with Gasteiger partial charge in [0.05, 0.1) is 4.90 Å². The molecule has 0 atom stereocenters. The number of halogens is 1. The van der Waals surface area contributed by atoms with Crippen molar-refractivity contribution < 1.29 is 13.5 Å². The number of hydrogen-bond donors (Lipinski definition) is 1. The number of aliphatic hydroxyl groups is 1. The molecule has 2 rings (SSSR count). The molecule has 1 aliphatic rings. The van der Waals surface area contributed by atoms with Crippen LogP contribution in [-0.2, 0) is 9.84 Å². The van der Waals surface area contributed by atoms with Crippen LogP contribution in [0.2, 0.25) is 5.02 Å². The molecular formula is C10H9ClO3S. The molecule has 0 unspecified atom stereocenters. The van der Waals surface area contributed by atoms with E-state index in [-0.39, 0.29) is 11.5 Å². The molecule has 0 saturated carbocycles. The summed E-state index contributed by atoms with van der Waals surface area (Å²) in [6, 6.07) is 4.66. The standard InChI is InChI=1S/C10H9ClO3S/c11-8-1-2-10-9(5-8)7(3-4-12)6-15(10,13)14/h1-2,5-6,12H,3-4H2. The predicted molar refractivity (Wildman–Crippen MR) is 58.3 cm³/mol. The summed E-state index contributed by atoms with van der Waals surface area (Å²) in [7, 11) is -3.33. The fraction of sp³-hybridized carbons (Fsp3) is 0.200. The van der Waals surface area contributed by atoms with E-state index in [0.717, 1.165) is 0 Å². The van der Waals surface area contributed by atoms with Crippen LogP contribution >= 0.6 is 11.6 Å². The second kappa shape index (κ2) is 3.63. The van der Waals surface area contributed by atoms with Gasteiger partial charge in [-0.25, -0.2) is 8.42 Å². The summed E-state index contributed by atoms with van der Waals surface area (Å²) in [5.41, 5.74) is 1.23. The minimum atomic E-state index is -3.33. The fourth-order valence-electron chi connectivity index (χ4n) is 1.63. The van der Waals surface area contributed by atoms with Gasteiger partial charge in [0.25, 0.3) is 0 Å². The lowest BCUT2D eigenvalue weighted by Crippen LogP contribution is -1.92. The Balaban J connectivity index is 2.63. The number of sulfone groups is 1. The van der Waals surface area contributed by atoms with Gasteiger partial charge in [0, 0.05) is 17.0 Å². The zero-order valence-corrected chi connectivity index (χ0v) is 9.35. The van der Waals surface area contributed by atoms with Gasteiger partial charge in [-0.3, -0.25) is 0 Å². The van der Waals surface area contributed by atoms with Gasteiger partial charge in [0.15, 0.2) is 0 Å². The zero-order chi connectivity index (χ0) is 11.1. The van der Waals surface area contributed by atoms with Crippen molar-refractivity contribution in [1.29, 1.82) is 0 Å². The molecule has 0 saturated heterocycles. The van der Waals surface area contributed by atoms with Gasteiger partial charge in [-0.1, -0.05) is 11.6 Å². The average molecular weight is 245 g/mol. The Bertz CT molecular complexity index is 532. The highest BCUT2D eigenvalue weighted by atomic mass is 35.5. The SMILES string of the molecule is O=S1(=O)C=C(CCO)c2cc(Cl)ccc21. The average Bonchev–Trinajstić information content (AvgIpc) is 2.39. The molecule has 1 aliphatic heterocycles. The summed E-state index contributed by atoms with van der Waals surface area (Å²) in [6.45, 7) is -0.0761. The number of fused-ring (bicyclic) bond motifs is 1. The molecule has 0 radical (unpaired) electrons. The van der Waals surface area contributed by atoms with E-state index >= 15 is 0 Å². The molecule has 1 N–H and O–H groups in total. The first-order chi connectivity index (χ1) is 7.04. The molecule has 1 aromatic carbocycles. The Labute approximate surface area is 92.9 Å². The van der Waals surface area contributed by atoms with Crippen LogP contribution in [0.5, 0.6) is 0 Å². The smallest absolute Gasteiger partial charge is 0.200 e. The highest BCUT2D eigenvalue weighted by molar-refractivity contribution is 7.95. The summed E-state index contributed by atoms with van der Waals surface area (Å²) >= 11 is 5.80. The maximum Gasteiger partial charge on any atom is 0.200 e. The third-order valence-electron chi connectivity index (χ3n) is 2.27. The topological polar surface area (TPSA) is 54.4 Å². The molecule has 1 heterocycles. The first-order valence-corrected chi connectivity index (χ1v) is 6.33. The molecular weight excluding hydrogens is 236 g/mol. The molecule has 1 aromatic rings. The van der Waals surface area contributed by atoms with E-state index < -0.39 is 9.84 Å². The minimum Gasteiger partial charge on any atom is -0.396 e. The molecule has 15 heavy (non-hydrogen) atoms. The Kier molecular flexibility index (Phi) is 2.58. The summed E-state index contributed by atoms with van der Waals surface area (Å²) in [4.78, 5) is 0.273. The van der Waals surface area contributed by atoms with Crippen molar-refractivity contribution in [2.75, 3.05) is 6.61 Å². The zero-order valence-electron chi connectivity index (χ0n) is 7.77. The van der Waals surface area contributed by atoms with Gasteiger partial charge < -0.3 is 5.11 Å². The fourth-order valence-corrected chi connectivity index (χ4v) is 3.30. The molecule has 0 aliphatic carbocycles. The van der Waals surface area contributed by atoms with Crippen molar-refractivity contribution in [3.63, 3.8) is 0 Å². The Morgan fingerprint density at radius 2 is 2.07 bits per heavy atom. The van der Waals surface area contributed by atoms with E-state index in [1.54, 1.807) is 12.1 Å². The summed E-state index contributed by atoms with van der Waals surface area (Å²) in [5.74, 6) is 0. The van der Waals surface area contributed by atoms with Crippen LogP contribution in [0.15, 0.2) is 28.5 Å². The van der Waals surface area contributed by atoms with Gasteiger partial charge in [0.2, 0.25) is 9.84 Å². The second-order valence-corrected chi connectivity index (χ2v) is 5.50. The minimum absolute atomic E-state index is 0.0761. The molecule has 3 nitrogen and oxygen atoms in total. The Morgan fingerprint density at radius 1 is 1.33 bits per heavy atom. The van der Waals surface area contributed by atoms with Crippen LogP contribution < -0.4 is 0 Å². The predicted octanol–water partition coefficient (Wildman–Crippen LogP) is 1.85. The highest BCUT2D eigenvalue weighted by Gasteiger charge is 2.26.